The van der Waals surface area contributed by atoms with E-state index in [-0.39, 0.29) is 11.9 Å². The summed E-state index contributed by atoms with van der Waals surface area (Å²) in [6.45, 7) is 2.93. The maximum absolute atomic E-state index is 11.5. The molecule has 7 nitrogen and oxygen atoms in total. The Morgan fingerprint density at radius 3 is 2.28 bits per heavy atom. The van der Waals surface area contributed by atoms with Gasteiger partial charge in [-0.2, -0.15) is 0 Å². The monoisotopic (exact) mass is 258 g/mol. The Morgan fingerprint density at radius 1 is 1.17 bits per heavy atom. The second kappa shape index (κ2) is 6.95. The van der Waals surface area contributed by atoms with Crippen LogP contribution in [0.2, 0.25) is 0 Å². The van der Waals surface area contributed by atoms with Crippen LogP contribution in [0.25, 0.3) is 0 Å². The highest BCUT2D eigenvalue weighted by atomic mass is 16.5. The molecule has 1 N–H and O–H groups in total. The van der Waals surface area contributed by atoms with Crippen LogP contribution in [-0.4, -0.2) is 72.6 Å². The van der Waals surface area contributed by atoms with Gasteiger partial charge in [0.15, 0.2) is 0 Å². The van der Waals surface area contributed by atoms with E-state index in [4.69, 9.17) is 5.11 Å². The smallest absolute Gasteiger partial charge is 0.312 e. The summed E-state index contributed by atoms with van der Waals surface area (Å²) >= 11 is 0. The molecule has 18 heavy (non-hydrogen) atoms. The van der Waals surface area contributed by atoms with E-state index in [0.717, 1.165) is 0 Å². The van der Waals surface area contributed by atoms with Crippen LogP contribution < -0.4 is 0 Å². The van der Waals surface area contributed by atoms with Crippen molar-refractivity contribution in [3.63, 3.8) is 0 Å². The first kappa shape index (κ1) is 14.4. The van der Waals surface area contributed by atoms with Gasteiger partial charge in [-0.1, -0.05) is 0 Å². The fourth-order valence-electron chi connectivity index (χ4n) is 1.81. The number of hydrogen-bond donors (Lipinski definition) is 1. The van der Waals surface area contributed by atoms with Gasteiger partial charge in [0.1, 0.15) is 6.42 Å². The van der Waals surface area contributed by atoms with E-state index in [1.807, 2.05) is 0 Å². The third-order valence-electron chi connectivity index (χ3n) is 2.89. The number of rotatable bonds is 5. The minimum atomic E-state index is -1.10. The summed E-state index contributed by atoms with van der Waals surface area (Å²) in [7, 11) is 1.35. The van der Waals surface area contributed by atoms with Gasteiger partial charge in [0.25, 0.3) is 0 Å². The largest absolute Gasteiger partial charge is 0.481 e. The number of amides is 1. The van der Waals surface area contributed by atoms with Crippen LogP contribution >= 0.6 is 0 Å². The highest BCUT2D eigenvalue weighted by Gasteiger charge is 2.22. The first-order valence-corrected chi connectivity index (χ1v) is 5.81. The Balaban J connectivity index is 2.26. The number of carboxylic acids is 1. The lowest BCUT2D eigenvalue weighted by Crippen LogP contribution is -2.49. The maximum atomic E-state index is 11.5. The number of nitrogens with zero attached hydrogens (tertiary/aromatic N) is 2. The number of carbonyl (C=O) groups excluding carboxylic acids is 2. The van der Waals surface area contributed by atoms with Gasteiger partial charge in [0.2, 0.25) is 5.91 Å². The Bertz CT molecular complexity index is 323. The van der Waals surface area contributed by atoms with E-state index in [1.54, 1.807) is 4.90 Å². The lowest BCUT2D eigenvalue weighted by Gasteiger charge is -2.34. The van der Waals surface area contributed by atoms with Crippen molar-refractivity contribution < 1.29 is 24.2 Å². The van der Waals surface area contributed by atoms with E-state index < -0.39 is 12.4 Å². The minimum absolute atomic E-state index is 0.251. The number of carbonyl (C=O) groups is 3. The van der Waals surface area contributed by atoms with E-state index in [9.17, 15) is 14.4 Å². The fraction of sp³-hybridized carbons (Fsp3) is 0.727. The quantitative estimate of drug-likeness (QED) is 0.511. The summed E-state index contributed by atoms with van der Waals surface area (Å²) in [5.41, 5.74) is 0. The molecule has 0 radical (unpaired) electrons. The van der Waals surface area contributed by atoms with Gasteiger partial charge in [0.05, 0.1) is 13.5 Å². The van der Waals surface area contributed by atoms with E-state index in [0.29, 0.717) is 39.1 Å². The third kappa shape index (κ3) is 4.70. The van der Waals surface area contributed by atoms with Gasteiger partial charge in [-0.3, -0.25) is 19.3 Å². The molecule has 0 spiro atoms. The van der Waals surface area contributed by atoms with E-state index in [2.05, 4.69) is 9.64 Å². The van der Waals surface area contributed by atoms with Crippen molar-refractivity contribution in [2.24, 2.45) is 0 Å². The van der Waals surface area contributed by atoms with Crippen molar-refractivity contribution in [2.45, 2.75) is 12.8 Å². The van der Waals surface area contributed by atoms with E-state index >= 15 is 0 Å². The molecule has 7 heteroatoms. The summed E-state index contributed by atoms with van der Waals surface area (Å²) in [6, 6.07) is 0. The molecular formula is C11H18N2O5. The van der Waals surface area contributed by atoms with Gasteiger partial charge >= 0.3 is 11.9 Å². The molecule has 1 amide bonds. The molecule has 1 aliphatic heterocycles. The predicted molar refractivity (Wildman–Crippen MR) is 61.9 cm³/mol. The summed E-state index contributed by atoms with van der Waals surface area (Å²) in [5.74, 6) is -1.71. The molecule has 0 saturated carbocycles. The Hall–Kier alpha value is -1.63. The number of aliphatic carboxylic acids is 1. The molecule has 0 bridgehead atoms. The standard InChI is InChI=1S/C11H18N2O5/c1-18-11(17)2-3-12-4-6-13(7-5-12)9(14)8-10(15)16/h2-8H2,1H3,(H,15,16). The van der Waals surface area contributed by atoms with Crippen molar-refractivity contribution in [2.75, 3.05) is 39.8 Å². The molecule has 1 fully saturated rings. The summed E-state index contributed by atoms with van der Waals surface area (Å²) < 4.78 is 4.55. The average Bonchev–Trinajstić information content (AvgIpc) is 2.35. The SMILES string of the molecule is COC(=O)CCN1CCN(C(=O)CC(=O)O)CC1. The van der Waals surface area contributed by atoms with Crippen molar-refractivity contribution in [3.8, 4) is 0 Å². The van der Waals surface area contributed by atoms with Crippen molar-refractivity contribution >= 4 is 17.8 Å². The van der Waals surface area contributed by atoms with Gasteiger partial charge in [-0.15, -0.1) is 0 Å². The van der Waals surface area contributed by atoms with Crippen LogP contribution in [0.5, 0.6) is 0 Å². The highest BCUT2D eigenvalue weighted by molar-refractivity contribution is 5.93. The van der Waals surface area contributed by atoms with Crippen LogP contribution in [0.15, 0.2) is 0 Å². The van der Waals surface area contributed by atoms with Crippen LogP contribution in [0.3, 0.4) is 0 Å². The molecular weight excluding hydrogens is 240 g/mol. The van der Waals surface area contributed by atoms with Gasteiger partial charge in [0, 0.05) is 32.7 Å². The molecule has 0 aromatic rings. The number of carboxylic acid groups (broad SMARTS) is 1. The van der Waals surface area contributed by atoms with Crippen molar-refractivity contribution in [3.05, 3.63) is 0 Å². The molecule has 0 unspecified atom stereocenters. The normalized spacial score (nSPS) is 16.4. The topological polar surface area (TPSA) is 87.2 Å². The molecule has 0 aromatic carbocycles. The second-order valence-electron chi connectivity index (χ2n) is 4.12. The Kier molecular flexibility index (Phi) is 5.57. The molecule has 102 valence electrons. The van der Waals surface area contributed by atoms with Crippen molar-refractivity contribution in [1.29, 1.82) is 0 Å². The molecule has 0 atom stereocenters. The third-order valence-corrected chi connectivity index (χ3v) is 2.89. The first-order chi connectivity index (χ1) is 8.52. The molecule has 0 aromatic heterocycles. The summed E-state index contributed by atoms with van der Waals surface area (Å²) in [5, 5.41) is 8.53. The zero-order valence-corrected chi connectivity index (χ0v) is 10.4. The Labute approximate surface area is 105 Å². The minimum Gasteiger partial charge on any atom is -0.481 e. The number of piperazine rings is 1. The average molecular weight is 258 g/mol. The maximum Gasteiger partial charge on any atom is 0.312 e. The van der Waals surface area contributed by atoms with E-state index in [1.165, 1.54) is 7.11 Å². The number of methoxy groups -OCH3 is 1. The van der Waals surface area contributed by atoms with Gasteiger partial charge in [-0.05, 0) is 0 Å². The van der Waals surface area contributed by atoms with Crippen LogP contribution in [0.1, 0.15) is 12.8 Å². The number of hydrogen-bond acceptors (Lipinski definition) is 5. The summed E-state index contributed by atoms with van der Waals surface area (Å²) in [6.07, 6.45) is -0.123. The van der Waals surface area contributed by atoms with Gasteiger partial charge in [-0.25, -0.2) is 0 Å². The first-order valence-electron chi connectivity index (χ1n) is 5.81. The fourth-order valence-corrected chi connectivity index (χ4v) is 1.81. The lowest BCUT2D eigenvalue weighted by atomic mass is 10.2. The second-order valence-corrected chi connectivity index (χ2v) is 4.12. The molecule has 1 aliphatic rings. The van der Waals surface area contributed by atoms with Crippen molar-refractivity contribution in [1.82, 2.24) is 9.80 Å². The molecule has 1 rings (SSSR count). The number of esters is 1. The summed E-state index contributed by atoms with van der Waals surface area (Å²) in [4.78, 5) is 36.5. The zero-order valence-electron chi connectivity index (χ0n) is 10.4. The van der Waals surface area contributed by atoms with Crippen LogP contribution in [-0.2, 0) is 19.1 Å². The Morgan fingerprint density at radius 2 is 1.78 bits per heavy atom. The van der Waals surface area contributed by atoms with Crippen LogP contribution in [0, 0.1) is 0 Å². The van der Waals surface area contributed by atoms with Crippen LogP contribution in [0.4, 0.5) is 0 Å². The lowest BCUT2D eigenvalue weighted by molar-refractivity contribution is -0.146. The zero-order chi connectivity index (χ0) is 13.5. The molecule has 0 aliphatic carbocycles. The molecule has 1 heterocycles. The van der Waals surface area contributed by atoms with Gasteiger partial charge < -0.3 is 14.7 Å². The number of ether oxygens (including phenoxy) is 1. The molecule has 1 saturated heterocycles. The predicted octanol–water partition coefficient (Wildman–Crippen LogP) is -0.832. The highest BCUT2D eigenvalue weighted by Crippen LogP contribution is 2.04.